The molecule has 2 rings (SSSR count). The van der Waals surface area contributed by atoms with Gasteiger partial charge in [-0.25, -0.2) is 0 Å². The van der Waals surface area contributed by atoms with E-state index in [-0.39, 0.29) is 11.1 Å². The van der Waals surface area contributed by atoms with E-state index in [1.54, 1.807) is 12.1 Å². The van der Waals surface area contributed by atoms with E-state index in [1.807, 2.05) is 12.1 Å². The van der Waals surface area contributed by atoms with Gasteiger partial charge >= 0.3 is 0 Å². The molecule has 0 unspecified atom stereocenters. The molecule has 16 heavy (non-hydrogen) atoms. The smallest absolute Gasteiger partial charge is 0.288 e. The predicted molar refractivity (Wildman–Crippen MR) is 63.9 cm³/mol. The van der Waals surface area contributed by atoms with Crippen LogP contribution in [-0.2, 0) is 11.3 Å². The minimum Gasteiger partial charge on any atom is -0.399 e. The number of nitrogen functional groups attached to an aromatic ring is 1. The largest absolute Gasteiger partial charge is 0.399 e. The van der Waals surface area contributed by atoms with E-state index < -0.39 is 0 Å². The van der Waals surface area contributed by atoms with E-state index in [0.717, 1.165) is 5.56 Å². The van der Waals surface area contributed by atoms with Crippen LogP contribution in [0.2, 0.25) is 0 Å². The van der Waals surface area contributed by atoms with E-state index >= 15 is 0 Å². The molecule has 0 saturated carbocycles. The van der Waals surface area contributed by atoms with Gasteiger partial charge in [-0.15, -0.1) is 0 Å². The SMILES string of the molecule is Nc1ccc(CN2C(=O)CCSC2=O)cc1. The van der Waals surface area contributed by atoms with Crippen molar-refractivity contribution in [1.29, 1.82) is 0 Å². The number of hydrogen-bond acceptors (Lipinski definition) is 4. The lowest BCUT2D eigenvalue weighted by molar-refractivity contribution is -0.128. The maximum Gasteiger partial charge on any atom is 0.288 e. The second-order valence-electron chi connectivity index (χ2n) is 3.59. The first-order chi connectivity index (χ1) is 7.66. The van der Waals surface area contributed by atoms with Gasteiger partial charge in [0.25, 0.3) is 5.24 Å². The molecular formula is C11H12N2O2S. The van der Waals surface area contributed by atoms with E-state index in [2.05, 4.69) is 0 Å². The maximum atomic E-state index is 11.5. The standard InChI is InChI=1S/C11H12N2O2S/c12-9-3-1-8(2-4-9)7-13-10(14)5-6-16-11(13)15/h1-4H,5-7,12H2. The molecule has 0 aliphatic carbocycles. The van der Waals surface area contributed by atoms with Gasteiger partial charge in [-0.2, -0.15) is 0 Å². The number of benzene rings is 1. The molecule has 1 saturated heterocycles. The molecule has 0 spiro atoms. The Morgan fingerprint density at radius 2 is 1.94 bits per heavy atom. The van der Waals surface area contributed by atoms with E-state index in [1.165, 1.54) is 16.7 Å². The van der Waals surface area contributed by atoms with Gasteiger partial charge in [-0.05, 0) is 17.7 Å². The lowest BCUT2D eigenvalue weighted by Gasteiger charge is -2.24. The Hall–Kier alpha value is -1.49. The fourth-order valence-electron chi connectivity index (χ4n) is 1.50. The van der Waals surface area contributed by atoms with E-state index in [0.29, 0.717) is 24.4 Å². The van der Waals surface area contributed by atoms with Crippen molar-refractivity contribution < 1.29 is 9.59 Å². The van der Waals surface area contributed by atoms with Crippen LogP contribution in [0.3, 0.4) is 0 Å². The van der Waals surface area contributed by atoms with Crippen LogP contribution < -0.4 is 5.73 Å². The molecule has 1 aliphatic heterocycles. The maximum absolute atomic E-state index is 11.5. The Labute approximate surface area is 97.8 Å². The average Bonchev–Trinajstić information content (AvgIpc) is 2.26. The molecule has 5 heteroatoms. The van der Waals surface area contributed by atoms with Crippen molar-refractivity contribution >= 4 is 28.6 Å². The number of carbonyl (C=O) groups excluding carboxylic acids is 2. The number of hydrogen-bond donors (Lipinski definition) is 1. The fraction of sp³-hybridized carbons (Fsp3) is 0.273. The highest BCUT2D eigenvalue weighted by molar-refractivity contribution is 8.13. The van der Waals surface area contributed by atoms with Crippen molar-refractivity contribution in [2.45, 2.75) is 13.0 Å². The van der Waals surface area contributed by atoms with Crippen molar-refractivity contribution in [3.63, 3.8) is 0 Å². The molecule has 84 valence electrons. The molecule has 2 amide bonds. The quantitative estimate of drug-likeness (QED) is 0.796. The van der Waals surface area contributed by atoms with Crippen molar-refractivity contribution in [1.82, 2.24) is 4.90 Å². The summed E-state index contributed by atoms with van der Waals surface area (Å²) in [5.41, 5.74) is 7.15. The normalized spacial score (nSPS) is 16.6. The molecule has 0 bridgehead atoms. The summed E-state index contributed by atoms with van der Waals surface area (Å²) >= 11 is 1.19. The lowest BCUT2D eigenvalue weighted by Crippen LogP contribution is -2.37. The van der Waals surface area contributed by atoms with Gasteiger partial charge in [0.2, 0.25) is 5.91 Å². The summed E-state index contributed by atoms with van der Waals surface area (Å²) in [6, 6.07) is 7.19. The number of rotatable bonds is 2. The molecule has 1 aromatic carbocycles. The van der Waals surface area contributed by atoms with Gasteiger partial charge in [0.05, 0.1) is 6.54 Å². The van der Waals surface area contributed by atoms with Crippen molar-refractivity contribution in [2.75, 3.05) is 11.5 Å². The van der Waals surface area contributed by atoms with Gasteiger partial charge in [-0.3, -0.25) is 14.5 Å². The van der Waals surface area contributed by atoms with Crippen LogP contribution in [0, 0.1) is 0 Å². The molecule has 1 aliphatic rings. The van der Waals surface area contributed by atoms with Gasteiger partial charge < -0.3 is 5.73 Å². The minimum absolute atomic E-state index is 0.0967. The molecule has 0 radical (unpaired) electrons. The topological polar surface area (TPSA) is 63.4 Å². The van der Waals surface area contributed by atoms with Crippen LogP contribution >= 0.6 is 11.8 Å². The average molecular weight is 236 g/mol. The number of nitrogens with two attached hydrogens (primary N) is 1. The number of thioether (sulfide) groups is 1. The van der Waals surface area contributed by atoms with Crippen LogP contribution in [0.5, 0.6) is 0 Å². The summed E-state index contributed by atoms with van der Waals surface area (Å²) < 4.78 is 0. The second kappa shape index (κ2) is 4.57. The fourth-order valence-corrected chi connectivity index (χ4v) is 2.27. The molecule has 2 N–H and O–H groups in total. The number of nitrogens with zero attached hydrogens (tertiary/aromatic N) is 1. The van der Waals surface area contributed by atoms with Gasteiger partial charge in [0.15, 0.2) is 0 Å². The van der Waals surface area contributed by atoms with Gasteiger partial charge in [0, 0.05) is 17.9 Å². The van der Waals surface area contributed by atoms with Crippen LogP contribution in [-0.4, -0.2) is 21.8 Å². The Morgan fingerprint density at radius 1 is 1.25 bits per heavy atom. The molecule has 1 aromatic rings. The Morgan fingerprint density at radius 3 is 2.56 bits per heavy atom. The van der Waals surface area contributed by atoms with Gasteiger partial charge in [-0.1, -0.05) is 23.9 Å². The van der Waals surface area contributed by atoms with E-state index in [4.69, 9.17) is 5.73 Å². The Balaban J connectivity index is 2.10. The van der Waals surface area contributed by atoms with Gasteiger partial charge in [0.1, 0.15) is 0 Å². The number of amides is 2. The summed E-state index contributed by atoms with van der Waals surface area (Å²) in [6.45, 7) is 0.338. The molecule has 1 fully saturated rings. The highest BCUT2D eigenvalue weighted by atomic mass is 32.2. The summed E-state index contributed by atoms with van der Waals surface area (Å²) in [6.07, 6.45) is 0.436. The van der Waals surface area contributed by atoms with Crippen LogP contribution in [0.15, 0.2) is 24.3 Å². The Bertz CT molecular complexity index is 400. The highest BCUT2D eigenvalue weighted by Gasteiger charge is 2.26. The first kappa shape index (κ1) is 11.0. The van der Waals surface area contributed by atoms with Crippen LogP contribution in [0.4, 0.5) is 10.5 Å². The van der Waals surface area contributed by atoms with Crippen LogP contribution in [0.25, 0.3) is 0 Å². The minimum atomic E-state index is -0.159. The highest BCUT2D eigenvalue weighted by Crippen LogP contribution is 2.20. The number of anilines is 1. The predicted octanol–water partition coefficient (Wildman–Crippen LogP) is 1.85. The second-order valence-corrected chi connectivity index (χ2v) is 4.63. The zero-order valence-electron chi connectivity index (χ0n) is 8.68. The third kappa shape index (κ3) is 2.36. The van der Waals surface area contributed by atoms with Crippen molar-refractivity contribution in [3.8, 4) is 0 Å². The summed E-state index contributed by atoms with van der Waals surface area (Å²) in [5.74, 6) is 0.496. The summed E-state index contributed by atoms with van der Waals surface area (Å²) in [7, 11) is 0. The zero-order chi connectivity index (χ0) is 11.5. The summed E-state index contributed by atoms with van der Waals surface area (Å²) in [4.78, 5) is 24.4. The monoisotopic (exact) mass is 236 g/mol. The van der Waals surface area contributed by atoms with Crippen molar-refractivity contribution in [2.24, 2.45) is 0 Å². The van der Waals surface area contributed by atoms with Crippen molar-refractivity contribution in [3.05, 3.63) is 29.8 Å². The first-order valence-electron chi connectivity index (χ1n) is 4.98. The Kier molecular flexibility index (Phi) is 3.14. The summed E-state index contributed by atoms with van der Waals surface area (Å²) in [5, 5.41) is -0.159. The molecule has 1 heterocycles. The number of carbonyl (C=O) groups is 2. The van der Waals surface area contributed by atoms with Crippen LogP contribution in [0.1, 0.15) is 12.0 Å². The lowest BCUT2D eigenvalue weighted by atomic mass is 10.2. The zero-order valence-corrected chi connectivity index (χ0v) is 9.50. The first-order valence-corrected chi connectivity index (χ1v) is 5.97. The molecule has 0 atom stereocenters. The molecule has 0 aromatic heterocycles. The number of imide groups is 1. The molecular weight excluding hydrogens is 224 g/mol. The third-order valence-corrected chi connectivity index (χ3v) is 3.26. The third-order valence-electron chi connectivity index (χ3n) is 2.38. The van der Waals surface area contributed by atoms with E-state index in [9.17, 15) is 9.59 Å². The molecule has 4 nitrogen and oxygen atoms in total.